The Kier molecular flexibility index (Phi) is 5.46. The van der Waals surface area contributed by atoms with Crippen LogP contribution >= 0.6 is 0 Å². The van der Waals surface area contributed by atoms with Crippen LogP contribution in [0.4, 0.5) is 0 Å². The quantitative estimate of drug-likeness (QED) is 0.300. The Morgan fingerprint density at radius 1 is 1.62 bits per heavy atom. The molecule has 0 radical (unpaired) electrons. The average molecular weight is 186 g/mol. The number of carboxylic acid groups (broad SMARTS) is 1. The average Bonchev–Trinajstić information content (AvgIpc) is 2.51. The number of carbonyl (C=O) groups is 1. The Hall–Kier alpha value is -0.770. The van der Waals surface area contributed by atoms with Gasteiger partial charge in [0.05, 0.1) is 12.2 Å². The normalized spacial score (nSPS) is 10.3. The number of rotatable bonds is 3. The van der Waals surface area contributed by atoms with E-state index >= 15 is 0 Å². The number of carboxylic acids is 1. The Bertz CT molecular complexity index is 312. The first kappa shape index (κ1) is 12.2. The minimum absolute atomic E-state index is 0. The summed E-state index contributed by atoms with van der Waals surface area (Å²) in [5, 5.41) is 10.5. The van der Waals surface area contributed by atoms with Crippen LogP contribution in [0.1, 0.15) is 5.76 Å². The summed E-state index contributed by atoms with van der Waals surface area (Å²) in [7, 11) is 0. The van der Waals surface area contributed by atoms with Crippen molar-refractivity contribution in [2.75, 3.05) is 0 Å². The largest absolute Gasteiger partial charge is 1.00 e. The zero-order chi connectivity index (χ0) is 8.97. The van der Waals surface area contributed by atoms with Crippen molar-refractivity contribution in [3.8, 4) is 0 Å². The van der Waals surface area contributed by atoms with Gasteiger partial charge in [0.2, 0.25) is 0 Å². The van der Waals surface area contributed by atoms with E-state index in [-0.39, 0.29) is 40.9 Å². The molecule has 0 saturated heterocycles. The molecule has 4 heteroatoms. The van der Waals surface area contributed by atoms with Crippen molar-refractivity contribution in [3.05, 3.63) is 42.9 Å². The van der Waals surface area contributed by atoms with E-state index in [1.807, 2.05) is 0 Å². The molecule has 0 aromatic carbocycles. The van der Waals surface area contributed by atoms with Crippen LogP contribution in [-0.4, -0.2) is 5.97 Å². The Balaban J connectivity index is 0.00000144. The molecule has 1 heterocycles. The first-order valence-electron chi connectivity index (χ1n) is 3.33. The summed E-state index contributed by atoms with van der Waals surface area (Å²) in [5.41, 5.74) is -0.00463. The molecule has 0 aliphatic rings. The molecule has 0 spiro atoms. The first-order chi connectivity index (χ1) is 5.75. The van der Waals surface area contributed by atoms with Crippen LogP contribution in [0.2, 0.25) is 0 Å². The monoisotopic (exact) mass is 186 g/mol. The van der Waals surface area contributed by atoms with Gasteiger partial charge in [-0.15, -0.1) is 0 Å². The van der Waals surface area contributed by atoms with Crippen LogP contribution in [0.15, 0.2) is 41.5 Å². The molecule has 0 saturated carbocycles. The van der Waals surface area contributed by atoms with Gasteiger partial charge in [0, 0.05) is 5.57 Å². The molecule has 1 aromatic rings. The number of carbonyl (C=O) groups excluding carboxylic acids is 1. The summed E-state index contributed by atoms with van der Waals surface area (Å²) in [6.45, 7) is 3.38. The Labute approximate surface area is 98.0 Å². The van der Waals surface area contributed by atoms with Gasteiger partial charge < -0.3 is 14.3 Å². The fraction of sp³-hybridized carbons (Fsp3) is 0. The summed E-state index contributed by atoms with van der Waals surface area (Å²) in [6.07, 6.45) is 4.09. The van der Waals surface area contributed by atoms with Crippen molar-refractivity contribution in [2.24, 2.45) is 0 Å². The van der Waals surface area contributed by atoms with Crippen LogP contribution in [0.3, 0.4) is 0 Å². The number of hydrogen-bond acceptors (Lipinski definition) is 3. The molecule has 0 N–H and O–H groups in total. The van der Waals surface area contributed by atoms with E-state index < -0.39 is 5.97 Å². The van der Waals surface area contributed by atoms with E-state index in [9.17, 15) is 9.90 Å². The summed E-state index contributed by atoms with van der Waals surface area (Å²) < 4.78 is 4.87. The molecule has 0 aliphatic carbocycles. The Morgan fingerprint density at radius 2 is 2.31 bits per heavy atom. The first-order valence-corrected chi connectivity index (χ1v) is 3.33. The van der Waals surface area contributed by atoms with Crippen molar-refractivity contribution in [1.29, 1.82) is 0 Å². The van der Waals surface area contributed by atoms with E-state index in [1.165, 1.54) is 18.4 Å². The van der Waals surface area contributed by atoms with E-state index in [0.29, 0.717) is 0 Å². The second-order valence-corrected chi connectivity index (χ2v) is 2.08. The minimum atomic E-state index is -1.27. The van der Waals surface area contributed by atoms with E-state index in [0.717, 1.165) is 0 Å². The molecule has 0 fully saturated rings. The fourth-order valence-electron chi connectivity index (χ4n) is 0.800. The van der Waals surface area contributed by atoms with Gasteiger partial charge in [0.1, 0.15) is 5.76 Å². The molecule has 0 amide bonds. The third-order valence-electron chi connectivity index (χ3n) is 1.29. The molecule has 3 nitrogen and oxygen atoms in total. The molecular weight excluding hydrogens is 179 g/mol. The van der Waals surface area contributed by atoms with Crippen molar-refractivity contribution >= 4 is 11.5 Å². The van der Waals surface area contributed by atoms with Crippen molar-refractivity contribution in [1.82, 2.24) is 0 Å². The van der Waals surface area contributed by atoms with Crippen LogP contribution in [0, 0.1) is 0 Å². The summed E-state index contributed by atoms with van der Waals surface area (Å²) in [5.74, 6) is -1.00. The summed E-state index contributed by atoms with van der Waals surface area (Å²) in [6, 6.07) is 3.15. The second kappa shape index (κ2) is 5.80. The molecule has 0 atom stereocenters. The maximum Gasteiger partial charge on any atom is 1.00 e. The maximum atomic E-state index is 10.5. The summed E-state index contributed by atoms with van der Waals surface area (Å²) >= 11 is 0. The van der Waals surface area contributed by atoms with E-state index in [4.69, 9.17) is 4.42 Å². The number of aliphatic carboxylic acids is 1. The third kappa shape index (κ3) is 3.22. The van der Waals surface area contributed by atoms with Gasteiger partial charge in [-0.05, 0) is 18.2 Å². The van der Waals surface area contributed by atoms with Gasteiger partial charge in [-0.3, -0.25) is 0 Å². The molecule has 0 unspecified atom stereocenters. The SMILES string of the molecule is C=CC=C(C(=O)[O-])c1ccco1.[Na+]. The molecule has 0 bridgehead atoms. The van der Waals surface area contributed by atoms with Crippen LogP contribution in [-0.2, 0) is 4.79 Å². The predicted molar refractivity (Wildman–Crippen MR) is 41.9 cm³/mol. The van der Waals surface area contributed by atoms with Gasteiger partial charge in [-0.2, -0.15) is 0 Å². The fourth-order valence-corrected chi connectivity index (χ4v) is 0.800. The maximum absolute atomic E-state index is 10.5. The molecule has 0 aliphatic heterocycles. The number of furan rings is 1. The molecule has 1 rings (SSSR count). The van der Waals surface area contributed by atoms with Gasteiger partial charge in [0.25, 0.3) is 0 Å². The van der Waals surface area contributed by atoms with Crippen molar-refractivity contribution in [2.45, 2.75) is 0 Å². The second-order valence-electron chi connectivity index (χ2n) is 2.08. The van der Waals surface area contributed by atoms with Gasteiger partial charge >= 0.3 is 29.6 Å². The van der Waals surface area contributed by atoms with Crippen LogP contribution in [0.5, 0.6) is 0 Å². The topological polar surface area (TPSA) is 53.3 Å². The number of hydrogen-bond donors (Lipinski definition) is 0. The van der Waals surface area contributed by atoms with E-state index in [1.54, 1.807) is 12.1 Å². The molecular formula is C9H7NaO3. The van der Waals surface area contributed by atoms with Crippen LogP contribution < -0.4 is 34.7 Å². The number of allylic oxidation sites excluding steroid dienone is 2. The smallest absolute Gasteiger partial charge is 0.545 e. The minimum Gasteiger partial charge on any atom is -0.545 e. The zero-order valence-electron chi connectivity index (χ0n) is 7.32. The molecule has 62 valence electrons. The van der Waals surface area contributed by atoms with E-state index in [2.05, 4.69) is 6.58 Å². The zero-order valence-corrected chi connectivity index (χ0v) is 9.32. The summed E-state index contributed by atoms with van der Waals surface area (Å²) in [4.78, 5) is 10.5. The third-order valence-corrected chi connectivity index (χ3v) is 1.29. The van der Waals surface area contributed by atoms with Gasteiger partial charge in [0.15, 0.2) is 0 Å². The standard InChI is InChI=1S/C9H8O3.Na/c1-2-4-7(9(10)11)8-5-3-6-12-8;/h2-6H,1H2,(H,10,11);/q;+1/p-1. The van der Waals surface area contributed by atoms with Crippen LogP contribution in [0.25, 0.3) is 5.57 Å². The van der Waals surface area contributed by atoms with Crippen molar-refractivity contribution < 1.29 is 43.9 Å². The van der Waals surface area contributed by atoms with Gasteiger partial charge in [-0.1, -0.05) is 12.7 Å². The van der Waals surface area contributed by atoms with Crippen molar-refractivity contribution in [3.63, 3.8) is 0 Å². The molecule has 13 heavy (non-hydrogen) atoms. The molecule has 1 aromatic heterocycles. The predicted octanol–water partition coefficient (Wildman–Crippen LogP) is -2.40. The van der Waals surface area contributed by atoms with Gasteiger partial charge in [-0.25, -0.2) is 0 Å². The Morgan fingerprint density at radius 3 is 2.69 bits per heavy atom.